The molecule has 0 saturated carbocycles. The Labute approximate surface area is 167 Å². The normalized spacial score (nSPS) is 23.2. The number of carbonyl (C=O) groups is 1. The fourth-order valence-corrected chi connectivity index (χ4v) is 3.95. The van der Waals surface area contributed by atoms with Gasteiger partial charge in [-0.2, -0.15) is 0 Å². The highest BCUT2D eigenvalue weighted by Crippen LogP contribution is 2.17. The van der Waals surface area contributed by atoms with Crippen LogP contribution < -0.4 is 22.0 Å². The summed E-state index contributed by atoms with van der Waals surface area (Å²) < 4.78 is 5.65. The molecule has 3 heterocycles. The first-order valence-electron chi connectivity index (χ1n) is 9.59. The van der Waals surface area contributed by atoms with E-state index in [1.165, 1.54) is 19.3 Å². The number of quaternary nitrogens is 1. The Hall–Kier alpha value is -1.04. The van der Waals surface area contributed by atoms with Crippen molar-refractivity contribution in [1.82, 2.24) is 9.88 Å². The van der Waals surface area contributed by atoms with Crippen LogP contribution in [0.4, 0.5) is 0 Å². The smallest absolute Gasteiger partial charge is 0.226 e. The van der Waals surface area contributed by atoms with Crippen molar-refractivity contribution in [2.75, 3.05) is 39.3 Å². The van der Waals surface area contributed by atoms with E-state index in [1.54, 1.807) is 23.2 Å². The van der Waals surface area contributed by atoms with Crippen molar-refractivity contribution in [3.8, 4) is 5.88 Å². The SMILES string of the molecule is O=C(C1CC[NH+](CCCOc2ccc(Cl)cn2)CC1)N1CCCCC1.[Cl-]. The molecule has 2 saturated heterocycles. The van der Waals surface area contributed by atoms with Crippen molar-refractivity contribution in [3.63, 3.8) is 0 Å². The maximum Gasteiger partial charge on any atom is 0.226 e. The summed E-state index contributed by atoms with van der Waals surface area (Å²) in [6, 6.07) is 3.59. The number of amides is 1. The van der Waals surface area contributed by atoms with E-state index in [0.717, 1.165) is 52.0 Å². The molecule has 0 spiro atoms. The van der Waals surface area contributed by atoms with Crippen molar-refractivity contribution in [2.45, 2.75) is 38.5 Å². The number of nitrogens with one attached hydrogen (secondary N) is 1. The average molecular weight is 402 g/mol. The predicted molar refractivity (Wildman–Crippen MR) is 98.1 cm³/mol. The number of ether oxygens (including phenoxy) is 1. The number of halogens is 2. The van der Waals surface area contributed by atoms with E-state index in [0.29, 0.717) is 23.4 Å². The summed E-state index contributed by atoms with van der Waals surface area (Å²) >= 11 is 5.81. The van der Waals surface area contributed by atoms with Gasteiger partial charge in [-0.25, -0.2) is 4.98 Å². The average Bonchev–Trinajstić information content (AvgIpc) is 2.67. The summed E-state index contributed by atoms with van der Waals surface area (Å²) in [5, 5.41) is 0.624. The van der Waals surface area contributed by atoms with Crippen LogP contribution in [0.15, 0.2) is 18.3 Å². The number of hydrogen-bond donors (Lipinski definition) is 1. The first-order chi connectivity index (χ1) is 12.2. The Bertz CT molecular complexity index is 542. The number of rotatable bonds is 6. The lowest BCUT2D eigenvalue weighted by molar-refractivity contribution is -0.906. The van der Waals surface area contributed by atoms with Crippen molar-refractivity contribution in [1.29, 1.82) is 0 Å². The van der Waals surface area contributed by atoms with Gasteiger partial charge in [0.15, 0.2) is 0 Å². The first-order valence-corrected chi connectivity index (χ1v) is 9.97. The van der Waals surface area contributed by atoms with Gasteiger partial charge >= 0.3 is 0 Å². The summed E-state index contributed by atoms with van der Waals surface area (Å²) in [6.07, 6.45) is 8.31. The standard InChI is InChI=1S/C19H28ClN3O2.ClH/c20-17-5-6-18(21-15-17)25-14-4-9-22-12-7-16(8-13-22)19(24)23-10-2-1-3-11-23;/h5-6,15-16H,1-4,7-14H2;1H. The number of piperidine rings is 2. The van der Waals surface area contributed by atoms with Crippen LogP contribution in [0.5, 0.6) is 5.88 Å². The molecule has 1 aromatic rings. The molecule has 1 amide bonds. The molecule has 1 N–H and O–H groups in total. The molecular weight excluding hydrogens is 373 g/mol. The third-order valence-electron chi connectivity index (χ3n) is 5.33. The number of nitrogens with zero attached hydrogens (tertiary/aromatic N) is 2. The van der Waals surface area contributed by atoms with Gasteiger partial charge in [0.2, 0.25) is 11.8 Å². The van der Waals surface area contributed by atoms with Crippen LogP contribution in [0.1, 0.15) is 38.5 Å². The molecule has 0 radical (unpaired) electrons. The van der Waals surface area contributed by atoms with E-state index >= 15 is 0 Å². The molecule has 26 heavy (non-hydrogen) atoms. The highest BCUT2D eigenvalue weighted by Gasteiger charge is 2.30. The van der Waals surface area contributed by atoms with Crippen LogP contribution in [-0.4, -0.2) is 55.1 Å². The zero-order valence-electron chi connectivity index (χ0n) is 15.3. The van der Waals surface area contributed by atoms with Crippen molar-refractivity contribution in [3.05, 3.63) is 23.4 Å². The minimum Gasteiger partial charge on any atom is -1.00 e. The molecule has 3 rings (SSSR count). The summed E-state index contributed by atoms with van der Waals surface area (Å²) in [7, 11) is 0. The monoisotopic (exact) mass is 401 g/mol. The number of likely N-dealkylation sites (tertiary alicyclic amines) is 2. The predicted octanol–water partition coefficient (Wildman–Crippen LogP) is -1.18. The van der Waals surface area contributed by atoms with Gasteiger partial charge in [-0.05, 0) is 25.3 Å². The van der Waals surface area contributed by atoms with E-state index in [-0.39, 0.29) is 18.3 Å². The second-order valence-electron chi connectivity index (χ2n) is 7.18. The summed E-state index contributed by atoms with van der Waals surface area (Å²) in [5.41, 5.74) is 0. The Balaban J connectivity index is 0.00000243. The molecule has 1 aromatic heterocycles. The van der Waals surface area contributed by atoms with Crippen LogP contribution in [0, 0.1) is 5.92 Å². The number of hydrogen-bond acceptors (Lipinski definition) is 3. The van der Waals surface area contributed by atoms with E-state index in [2.05, 4.69) is 9.88 Å². The van der Waals surface area contributed by atoms with Crippen molar-refractivity contribution < 1.29 is 26.8 Å². The van der Waals surface area contributed by atoms with E-state index < -0.39 is 0 Å². The quantitative estimate of drug-likeness (QED) is 0.610. The molecule has 7 heteroatoms. The Morgan fingerprint density at radius 2 is 1.96 bits per heavy atom. The maximum absolute atomic E-state index is 12.6. The summed E-state index contributed by atoms with van der Waals surface area (Å²) in [6.45, 7) is 5.92. The Kier molecular flexibility index (Phi) is 8.96. The molecule has 0 aliphatic carbocycles. The second kappa shape index (κ2) is 11.0. The lowest BCUT2D eigenvalue weighted by atomic mass is 9.94. The fourth-order valence-electron chi connectivity index (χ4n) is 3.84. The highest BCUT2D eigenvalue weighted by atomic mass is 35.5. The zero-order valence-corrected chi connectivity index (χ0v) is 16.8. The van der Waals surface area contributed by atoms with Gasteiger partial charge in [-0.3, -0.25) is 4.79 Å². The lowest BCUT2D eigenvalue weighted by Gasteiger charge is -2.34. The zero-order chi connectivity index (χ0) is 17.5. The number of pyridine rings is 1. The minimum atomic E-state index is 0. The van der Waals surface area contributed by atoms with Gasteiger partial charge in [0, 0.05) is 50.5 Å². The molecule has 146 valence electrons. The van der Waals surface area contributed by atoms with E-state index in [1.807, 2.05) is 0 Å². The van der Waals surface area contributed by atoms with Crippen LogP contribution in [-0.2, 0) is 4.79 Å². The Morgan fingerprint density at radius 1 is 1.23 bits per heavy atom. The van der Waals surface area contributed by atoms with Gasteiger partial charge in [0.05, 0.1) is 31.3 Å². The van der Waals surface area contributed by atoms with Crippen LogP contribution >= 0.6 is 11.6 Å². The second-order valence-corrected chi connectivity index (χ2v) is 7.61. The third-order valence-corrected chi connectivity index (χ3v) is 5.56. The number of aromatic nitrogens is 1. The van der Waals surface area contributed by atoms with Gasteiger partial charge < -0.3 is 26.9 Å². The van der Waals surface area contributed by atoms with Gasteiger partial charge in [-0.1, -0.05) is 11.6 Å². The molecule has 0 unspecified atom stereocenters. The molecular formula is C19H29Cl2N3O2. The van der Waals surface area contributed by atoms with E-state index in [4.69, 9.17) is 16.3 Å². The molecule has 2 fully saturated rings. The molecule has 2 aliphatic heterocycles. The van der Waals surface area contributed by atoms with Crippen LogP contribution in [0.25, 0.3) is 0 Å². The molecule has 0 bridgehead atoms. The Morgan fingerprint density at radius 3 is 2.62 bits per heavy atom. The summed E-state index contributed by atoms with van der Waals surface area (Å²) in [4.78, 5) is 20.4. The topological polar surface area (TPSA) is 46.9 Å². The lowest BCUT2D eigenvalue weighted by Crippen LogP contribution is -3.13. The maximum atomic E-state index is 12.6. The van der Waals surface area contributed by atoms with Gasteiger partial charge in [0.1, 0.15) is 0 Å². The fraction of sp³-hybridized carbons (Fsp3) is 0.684. The largest absolute Gasteiger partial charge is 1.00 e. The van der Waals surface area contributed by atoms with Crippen molar-refractivity contribution >= 4 is 17.5 Å². The van der Waals surface area contributed by atoms with Crippen molar-refractivity contribution in [2.24, 2.45) is 5.92 Å². The molecule has 2 aliphatic rings. The molecule has 0 aromatic carbocycles. The van der Waals surface area contributed by atoms with Crippen LogP contribution in [0.2, 0.25) is 5.02 Å². The minimum absolute atomic E-state index is 0. The highest BCUT2D eigenvalue weighted by molar-refractivity contribution is 6.30. The van der Waals surface area contributed by atoms with Crippen LogP contribution in [0.3, 0.4) is 0 Å². The van der Waals surface area contributed by atoms with Gasteiger partial charge in [-0.15, -0.1) is 0 Å². The third kappa shape index (κ3) is 6.29. The molecule has 0 atom stereocenters. The number of carbonyl (C=O) groups excluding carboxylic acids is 1. The van der Waals surface area contributed by atoms with E-state index in [9.17, 15) is 4.79 Å². The van der Waals surface area contributed by atoms with Gasteiger partial charge in [0.25, 0.3) is 0 Å². The molecule has 5 nitrogen and oxygen atoms in total. The summed E-state index contributed by atoms with van der Waals surface area (Å²) in [5.74, 6) is 1.30. The first kappa shape index (κ1) is 21.3.